The molecular formula is C26H34O4. The van der Waals surface area contributed by atoms with Gasteiger partial charge in [-0.1, -0.05) is 30.2 Å². The van der Waals surface area contributed by atoms with Crippen molar-refractivity contribution in [3.8, 4) is 0 Å². The van der Waals surface area contributed by atoms with Crippen LogP contribution in [0.1, 0.15) is 66.7 Å². The number of ether oxygens (including phenoxy) is 1. The van der Waals surface area contributed by atoms with Crippen molar-refractivity contribution >= 4 is 17.5 Å². The van der Waals surface area contributed by atoms with E-state index in [-0.39, 0.29) is 40.9 Å². The van der Waals surface area contributed by atoms with Crippen molar-refractivity contribution < 1.29 is 19.1 Å². The Kier molecular flexibility index (Phi) is 4.99. The van der Waals surface area contributed by atoms with Crippen LogP contribution < -0.4 is 0 Å². The van der Waals surface area contributed by atoms with Crippen molar-refractivity contribution in [3.05, 3.63) is 35.5 Å². The zero-order valence-corrected chi connectivity index (χ0v) is 18.9. The lowest BCUT2D eigenvalue weighted by molar-refractivity contribution is -0.157. The lowest BCUT2D eigenvalue weighted by atomic mass is 9.52. The maximum absolute atomic E-state index is 13.1. The van der Waals surface area contributed by atoms with Gasteiger partial charge in [-0.05, 0) is 89.2 Å². The zero-order chi connectivity index (χ0) is 21.9. The Morgan fingerprint density at radius 3 is 2.60 bits per heavy atom. The van der Waals surface area contributed by atoms with Crippen molar-refractivity contribution in [1.82, 2.24) is 0 Å². The van der Waals surface area contributed by atoms with Crippen LogP contribution in [-0.4, -0.2) is 24.1 Å². The summed E-state index contributed by atoms with van der Waals surface area (Å²) in [6.07, 6.45) is 12.8. The molecule has 0 amide bonds. The molecule has 4 rings (SSSR count). The van der Waals surface area contributed by atoms with Crippen LogP contribution in [0.4, 0.5) is 0 Å². The van der Waals surface area contributed by atoms with Crippen LogP contribution in [0.25, 0.3) is 0 Å². The van der Waals surface area contributed by atoms with Crippen molar-refractivity contribution in [1.29, 1.82) is 0 Å². The summed E-state index contributed by atoms with van der Waals surface area (Å²) >= 11 is 0. The number of allylic oxidation sites excluding steroid dienone is 6. The van der Waals surface area contributed by atoms with Crippen LogP contribution in [0.15, 0.2) is 35.5 Å². The first-order valence-corrected chi connectivity index (χ1v) is 11.3. The molecule has 4 aliphatic rings. The van der Waals surface area contributed by atoms with Crippen LogP contribution in [0.5, 0.6) is 0 Å². The Hall–Kier alpha value is -1.97. The van der Waals surface area contributed by atoms with Crippen LogP contribution in [0.3, 0.4) is 0 Å². The van der Waals surface area contributed by atoms with Crippen LogP contribution in [0, 0.1) is 34.0 Å². The van der Waals surface area contributed by atoms with E-state index in [4.69, 9.17) is 4.74 Å². The molecule has 162 valence electrons. The molecule has 4 nitrogen and oxygen atoms in total. The second-order valence-electron chi connectivity index (χ2n) is 11.2. The van der Waals surface area contributed by atoms with Gasteiger partial charge in [0.25, 0.3) is 0 Å². The molecule has 5 atom stereocenters. The maximum atomic E-state index is 13.1. The average Bonchev–Trinajstić information content (AvgIpc) is 3.03. The van der Waals surface area contributed by atoms with E-state index in [1.807, 2.05) is 6.08 Å². The Morgan fingerprint density at radius 1 is 1.17 bits per heavy atom. The number of rotatable bonds is 3. The standard InChI is InChI=1S/C26H34O4/c1-24(2,3)23(29)30-15-22(28)21-9-8-19-18-7-6-16-14-17(27)10-12-25(16,4)20(18)11-13-26(19,21)5/h10-12,14,18-19,21H,6-9,13,15H2,1-5H3/t18-,19-,21+,25-,26-/m0/s1. The summed E-state index contributed by atoms with van der Waals surface area (Å²) in [6, 6.07) is 0. The summed E-state index contributed by atoms with van der Waals surface area (Å²) in [5, 5.41) is 0. The third-order valence-corrected chi connectivity index (χ3v) is 8.29. The van der Waals surface area contributed by atoms with Gasteiger partial charge in [0, 0.05) is 11.3 Å². The third kappa shape index (κ3) is 3.23. The van der Waals surface area contributed by atoms with Crippen molar-refractivity contribution in [2.75, 3.05) is 6.61 Å². The lowest BCUT2D eigenvalue weighted by Gasteiger charge is -2.52. The number of hydrogen-bond acceptors (Lipinski definition) is 4. The fraction of sp³-hybridized carbons (Fsp3) is 0.654. The first-order valence-electron chi connectivity index (χ1n) is 11.3. The van der Waals surface area contributed by atoms with E-state index in [0.29, 0.717) is 11.8 Å². The fourth-order valence-corrected chi connectivity index (χ4v) is 6.50. The molecule has 4 heteroatoms. The maximum Gasteiger partial charge on any atom is 0.311 e. The second-order valence-corrected chi connectivity index (χ2v) is 11.2. The molecule has 0 aromatic rings. The fourth-order valence-electron chi connectivity index (χ4n) is 6.50. The predicted octanol–water partition coefficient (Wildman–Crippen LogP) is 4.99. The third-order valence-electron chi connectivity index (χ3n) is 8.29. The molecule has 2 fully saturated rings. The minimum atomic E-state index is -0.595. The van der Waals surface area contributed by atoms with E-state index in [1.165, 1.54) is 11.1 Å². The molecule has 0 bridgehead atoms. The van der Waals surface area contributed by atoms with Crippen molar-refractivity contribution in [3.63, 3.8) is 0 Å². The Bertz CT molecular complexity index is 883. The van der Waals surface area contributed by atoms with Crippen molar-refractivity contribution in [2.24, 2.45) is 34.0 Å². The largest absolute Gasteiger partial charge is 0.457 e. The first kappa shape index (κ1) is 21.3. The summed E-state index contributed by atoms with van der Waals surface area (Å²) in [5.41, 5.74) is 1.86. The van der Waals surface area contributed by atoms with Gasteiger partial charge in [0.05, 0.1) is 5.41 Å². The van der Waals surface area contributed by atoms with E-state index < -0.39 is 5.41 Å². The topological polar surface area (TPSA) is 60.4 Å². The number of ketones is 2. The van der Waals surface area contributed by atoms with Crippen LogP contribution in [0.2, 0.25) is 0 Å². The number of carbonyl (C=O) groups excluding carboxylic acids is 3. The minimum Gasteiger partial charge on any atom is -0.457 e. The minimum absolute atomic E-state index is 0.0544. The molecule has 0 aromatic heterocycles. The van der Waals surface area contributed by atoms with Gasteiger partial charge in [-0.3, -0.25) is 14.4 Å². The molecule has 0 saturated heterocycles. The molecule has 0 aliphatic heterocycles. The molecule has 0 N–H and O–H groups in total. The molecule has 4 aliphatic carbocycles. The summed E-state index contributed by atoms with van der Waals surface area (Å²) < 4.78 is 5.36. The van der Waals surface area contributed by atoms with Gasteiger partial charge in [-0.15, -0.1) is 0 Å². The Morgan fingerprint density at radius 2 is 1.90 bits per heavy atom. The number of fused-ring (bicyclic) bond motifs is 5. The van der Waals surface area contributed by atoms with E-state index in [9.17, 15) is 14.4 Å². The Balaban J connectivity index is 1.55. The van der Waals surface area contributed by atoms with Gasteiger partial charge >= 0.3 is 5.97 Å². The SMILES string of the molecule is CC(C)(C)C(=O)OCC(=O)[C@H]1CC[C@H]2[C@@H]3CCC4=CC(=O)C=C[C@]4(C)C3=CC[C@]12C. The van der Waals surface area contributed by atoms with Crippen LogP contribution in [-0.2, 0) is 19.1 Å². The summed E-state index contributed by atoms with van der Waals surface area (Å²) in [6.45, 7) is 9.81. The average molecular weight is 411 g/mol. The van der Waals surface area contributed by atoms with E-state index in [2.05, 4.69) is 26.0 Å². The molecule has 2 saturated carbocycles. The highest BCUT2D eigenvalue weighted by atomic mass is 16.5. The number of Topliss-reactive ketones (excluding diaryl/α,β-unsaturated/α-hetero) is 1. The second kappa shape index (κ2) is 7.03. The van der Waals surface area contributed by atoms with E-state index >= 15 is 0 Å². The molecule has 30 heavy (non-hydrogen) atoms. The highest BCUT2D eigenvalue weighted by Gasteiger charge is 2.57. The highest BCUT2D eigenvalue weighted by molar-refractivity contribution is 6.01. The van der Waals surface area contributed by atoms with Gasteiger partial charge in [0.15, 0.2) is 11.6 Å². The number of hydrogen-bond donors (Lipinski definition) is 0. The Labute approximate surface area is 179 Å². The predicted molar refractivity (Wildman–Crippen MR) is 116 cm³/mol. The first-order chi connectivity index (χ1) is 14.0. The number of carbonyl (C=O) groups is 3. The van der Waals surface area contributed by atoms with Gasteiger partial charge < -0.3 is 4.74 Å². The highest BCUT2D eigenvalue weighted by Crippen LogP contribution is 2.63. The summed E-state index contributed by atoms with van der Waals surface area (Å²) in [4.78, 5) is 37.1. The van der Waals surface area contributed by atoms with Gasteiger partial charge in [-0.25, -0.2) is 0 Å². The van der Waals surface area contributed by atoms with Crippen LogP contribution >= 0.6 is 0 Å². The van der Waals surface area contributed by atoms with E-state index in [0.717, 1.165) is 32.1 Å². The molecule has 0 unspecified atom stereocenters. The van der Waals surface area contributed by atoms with Gasteiger partial charge in [0.2, 0.25) is 0 Å². The molecule has 0 radical (unpaired) electrons. The summed E-state index contributed by atoms with van der Waals surface area (Å²) in [5.74, 6) is 0.715. The van der Waals surface area contributed by atoms with Gasteiger partial charge in [0.1, 0.15) is 6.61 Å². The quantitative estimate of drug-likeness (QED) is 0.486. The zero-order valence-electron chi connectivity index (χ0n) is 18.9. The molecular weight excluding hydrogens is 376 g/mol. The van der Waals surface area contributed by atoms with Gasteiger partial charge in [-0.2, -0.15) is 0 Å². The lowest BCUT2D eigenvalue weighted by Crippen LogP contribution is -2.45. The summed E-state index contributed by atoms with van der Waals surface area (Å²) in [7, 11) is 0. The van der Waals surface area contributed by atoms with E-state index in [1.54, 1.807) is 26.8 Å². The smallest absolute Gasteiger partial charge is 0.311 e. The molecule has 0 heterocycles. The monoisotopic (exact) mass is 410 g/mol. The number of esters is 1. The van der Waals surface area contributed by atoms with Crippen molar-refractivity contribution in [2.45, 2.75) is 66.7 Å². The molecule has 0 aromatic carbocycles. The molecule has 0 spiro atoms. The normalized spacial score (nSPS) is 37.5.